The molecule has 8 aromatic rings. The highest BCUT2D eigenvalue weighted by atomic mass is 15.0. The van der Waals surface area contributed by atoms with Crippen LogP contribution in [0.2, 0.25) is 0 Å². The summed E-state index contributed by atoms with van der Waals surface area (Å²) < 4.78 is 4.59. The van der Waals surface area contributed by atoms with E-state index in [1.54, 1.807) is 0 Å². The Balaban J connectivity index is 1.50. The molecule has 3 aromatic heterocycles. The summed E-state index contributed by atoms with van der Waals surface area (Å²) >= 11 is 0. The van der Waals surface area contributed by atoms with Gasteiger partial charge in [0.05, 0.1) is 50.8 Å². The van der Waals surface area contributed by atoms with Crippen LogP contribution in [0.4, 0.5) is 0 Å². The lowest BCUT2D eigenvalue weighted by atomic mass is 10.0. The SMILES string of the molecule is N#Cc1ccc(-n2c3ccccc3c3ccccc32)c(-c2ncccc2-n2c3ccccc3c3ccccc32)c1. The number of nitriles is 1. The largest absolute Gasteiger partial charge is 0.309 e. The number of rotatable bonds is 3. The number of pyridine rings is 1. The lowest BCUT2D eigenvalue weighted by Gasteiger charge is -2.18. The van der Waals surface area contributed by atoms with Crippen LogP contribution in [-0.4, -0.2) is 14.1 Å². The molecule has 0 aliphatic rings. The third-order valence-corrected chi connectivity index (χ3v) is 7.81. The first kappa shape index (κ1) is 22.3. The summed E-state index contributed by atoms with van der Waals surface area (Å²) in [7, 11) is 0. The number of fused-ring (bicyclic) bond motifs is 6. The zero-order valence-corrected chi connectivity index (χ0v) is 21.5. The number of nitrogens with zero attached hydrogens (tertiary/aromatic N) is 4. The van der Waals surface area contributed by atoms with Crippen molar-refractivity contribution in [3.63, 3.8) is 0 Å². The van der Waals surface area contributed by atoms with Gasteiger partial charge in [0.2, 0.25) is 0 Å². The Morgan fingerprint density at radius 2 is 0.975 bits per heavy atom. The Morgan fingerprint density at radius 1 is 0.500 bits per heavy atom. The summed E-state index contributed by atoms with van der Waals surface area (Å²) in [6, 6.07) is 46.3. The van der Waals surface area contributed by atoms with E-state index < -0.39 is 0 Å². The zero-order valence-electron chi connectivity index (χ0n) is 21.5. The van der Waals surface area contributed by atoms with E-state index in [9.17, 15) is 5.26 Å². The maximum Gasteiger partial charge on any atom is 0.0991 e. The van der Waals surface area contributed by atoms with Crippen molar-refractivity contribution in [2.24, 2.45) is 0 Å². The molecule has 40 heavy (non-hydrogen) atoms. The minimum atomic E-state index is 0.596. The molecule has 0 radical (unpaired) electrons. The zero-order chi connectivity index (χ0) is 26.6. The highest BCUT2D eigenvalue weighted by Gasteiger charge is 2.21. The summed E-state index contributed by atoms with van der Waals surface area (Å²) in [6.45, 7) is 0. The van der Waals surface area contributed by atoms with Crippen molar-refractivity contribution in [3.8, 4) is 28.7 Å². The molecule has 0 spiro atoms. The van der Waals surface area contributed by atoms with Crippen LogP contribution in [-0.2, 0) is 0 Å². The first-order valence-electron chi connectivity index (χ1n) is 13.3. The Labute approximate surface area is 230 Å². The second kappa shape index (κ2) is 8.69. The smallest absolute Gasteiger partial charge is 0.0991 e. The molecule has 0 unspecified atom stereocenters. The molecule has 0 bridgehead atoms. The number of hydrogen-bond donors (Lipinski definition) is 0. The van der Waals surface area contributed by atoms with Crippen molar-refractivity contribution >= 4 is 43.6 Å². The summed E-state index contributed by atoms with van der Waals surface area (Å²) in [6.07, 6.45) is 1.83. The highest BCUT2D eigenvalue weighted by molar-refractivity contribution is 6.11. The molecule has 0 aliphatic carbocycles. The predicted molar refractivity (Wildman–Crippen MR) is 163 cm³/mol. The van der Waals surface area contributed by atoms with Crippen molar-refractivity contribution in [1.82, 2.24) is 14.1 Å². The molecule has 8 rings (SSSR count). The van der Waals surface area contributed by atoms with Crippen LogP contribution < -0.4 is 0 Å². The Kier molecular flexibility index (Phi) is 4.85. The van der Waals surface area contributed by atoms with Gasteiger partial charge in [0.15, 0.2) is 0 Å². The minimum Gasteiger partial charge on any atom is -0.309 e. The van der Waals surface area contributed by atoms with Gasteiger partial charge < -0.3 is 9.13 Å². The third-order valence-electron chi connectivity index (χ3n) is 7.81. The second-order valence-electron chi connectivity index (χ2n) is 9.95. The van der Waals surface area contributed by atoms with Gasteiger partial charge in [-0.25, -0.2) is 0 Å². The van der Waals surface area contributed by atoms with Gasteiger partial charge in [-0.05, 0) is 54.6 Å². The molecule has 3 heterocycles. The van der Waals surface area contributed by atoms with Crippen LogP contribution in [0, 0.1) is 11.3 Å². The van der Waals surface area contributed by atoms with E-state index in [1.165, 1.54) is 21.5 Å². The summed E-state index contributed by atoms with van der Waals surface area (Å²) in [5, 5.41) is 14.7. The van der Waals surface area contributed by atoms with Crippen LogP contribution in [0.1, 0.15) is 5.56 Å². The molecule has 4 heteroatoms. The predicted octanol–water partition coefficient (Wildman–Crippen LogP) is 8.81. The van der Waals surface area contributed by atoms with Crippen molar-refractivity contribution in [3.05, 3.63) is 139 Å². The lowest BCUT2D eigenvalue weighted by molar-refractivity contribution is 1.13. The van der Waals surface area contributed by atoms with E-state index >= 15 is 0 Å². The van der Waals surface area contributed by atoms with Gasteiger partial charge in [-0.3, -0.25) is 4.98 Å². The van der Waals surface area contributed by atoms with Gasteiger partial charge in [-0.1, -0.05) is 72.8 Å². The number of benzene rings is 5. The van der Waals surface area contributed by atoms with Crippen LogP contribution in [0.15, 0.2) is 134 Å². The van der Waals surface area contributed by atoms with Crippen LogP contribution in [0.25, 0.3) is 66.2 Å². The molecule has 0 saturated carbocycles. The van der Waals surface area contributed by atoms with Gasteiger partial charge in [0.25, 0.3) is 0 Å². The van der Waals surface area contributed by atoms with Crippen molar-refractivity contribution in [1.29, 1.82) is 5.26 Å². The number of aromatic nitrogens is 3. The van der Waals surface area contributed by atoms with Crippen LogP contribution in [0.3, 0.4) is 0 Å². The molecular formula is C36H22N4. The molecule has 4 nitrogen and oxygen atoms in total. The first-order valence-corrected chi connectivity index (χ1v) is 13.3. The average Bonchev–Trinajstić information content (AvgIpc) is 3.54. The summed E-state index contributed by atoms with van der Waals surface area (Å²) in [5.41, 5.74) is 8.74. The van der Waals surface area contributed by atoms with Crippen molar-refractivity contribution < 1.29 is 0 Å². The standard InChI is InChI=1S/C36H22N4/c37-23-24-19-20-34(39-30-14-5-1-10-25(30)26-11-2-6-15-31(26)39)29(22-24)36-35(18-9-21-38-36)40-32-16-7-3-12-27(32)28-13-4-8-17-33(28)40/h1-22H. The van der Waals surface area contributed by atoms with E-state index in [1.807, 2.05) is 24.4 Å². The van der Waals surface area contributed by atoms with Gasteiger partial charge in [-0.2, -0.15) is 5.26 Å². The highest BCUT2D eigenvalue weighted by Crippen LogP contribution is 2.39. The Morgan fingerprint density at radius 3 is 1.48 bits per heavy atom. The molecule has 0 aliphatic heterocycles. The minimum absolute atomic E-state index is 0.596. The summed E-state index contributed by atoms with van der Waals surface area (Å²) in [4.78, 5) is 4.98. The van der Waals surface area contributed by atoms with E-state index in [-0.39, 0.29) is 0 Å². The molecule has 0 N–H and O–H groups in total. The number of para-hydroxylation sites is 4. The second-order valence-corrected chi connectivity index (χ2v) is 9.95. The van der Waals surface area contributed by atoms with Crippen LogP contribution >= 0.6 is 0 Å². The molecule has 0 fully saturated rings. The van der Waals surface area contributed by atoms with Gasteiger partial charge >= 0.3 is 0 Å². The Hall–Kier alpha value is -5.66. The molecule has 0 saturated heterocycles. The quantitative estimate of drug-likeness (QED) is 0.238. The van der Waals surface area contributed by atoms with E-state index in [0.717, 1.165) is 44.7 Å². The molecule has 5 aromatic carbocycles. The fourth-order valence-corrected chi connectivity index (χ4v) is 6.14. The molecule has 186 valence electrons. The maximum absolute atomic E-state index is 9.93. The third kappa shape index (κ3) is 3.15. The molecule has 0 amide bonds. The monoisotopic (exact) mass is 510 g/mol. The van der Waals surface area contributed by atoms with Gasteiger partial charge in [0.1, 0.15) is 0 Å². The van der Waals surface area contributed by atoms with Gasteiger partial charge in [0, 0.05) is 33.3 Å². The fraction of sp³-hybridized carbons (Fsp3) is 0. The molecular weight excluding hydrogens is 488 g/mol. The lowest BCUT2D eigenvalue weighted by Crippen LogP contribution is -2.03. The van der Waals surface area contributed by atoms with Crippen LogP contribution in [0.5, 0.6) is 0 Å². The van der Waals surface area contributed by atoms with E-state index in [4.69, 9.17) is 4.98 Å². The number of hydrogen-bond acceptors (Lipinski definition) is 2. The van der Waals surface area contributed by atoms with Crippen molar-refractivity contribution in [2.75, 3.05) is 0 Å². The fourth-order valence-electron chi connectivity index (χ4n) is 6.14. The van der Waals surface area contributed by atoms with Crippen molar-refractivity contribution in [2.45, 2.75) is 0 Å². The van der Waals surface area contributed by atoms with E-state index in [2.05, 4.69) is 124 Å². The first-order chi connectivity index (χ1) is 19.8. The maximum atomic E-state index is 9.93. The Bertz CT molecular complexity index is 2190. The topological polar surface area (TPSA) is 46.5 Å². The van der Waals surface area contributed by atoms with E-state index in [0.29, 0.717) is 5.56 Å². The van der Waals surface area contributed by atoms with Gasteiger partial charge in [-0.15, -0.1) is 0 Å². The summed E-state index contributed by atoms with van der Waals surface area (Å²) in [5.74, 6) is 0. The molecule has 0 atom stereocenters. The normalized spacial score (nSPS) is 11.5. The average molecular weight is 511 g/mol.